The first-order valence-electron chi connectivity index (χ1n) is 11.4. The number of aryl methyl sites for hydroxylation is 1. The van der Waals surface area contributed by atoms with Gasteiger partial charge in [0.25, 0.3) is 0 Å². The van der Waals surface area contributed by atoms with Crippen molar-refractivity contribution in [1.29, 1.82) is 0 Å². The average Bonchev–Trinajstić information content (AvgIpc) is 3.14. The quantitative estimate of drug-likeness (QED) is 0.506. The van der Waals surface area contributed by atoms with Crippen LogP contribution < -0.4 is 5.69 Å². The molecule has 5 rings (SSSR count). The van der Waals surface area contributed by atoms with Crippen LogP contribution >= 0.6 is 0 Å². The summed E-state index contributed by atoms with van der Waals surface area (Å²) in [5, 5.41) is 0. The van der Waals surface area contributed by atoms with Crippen LogP contribution in [-0.4, -0.2) is 52.1 Å². The molecule has 0 bridgehead atoms. The Morgan fingerprint density at radius 2 is 1.44 bits per heavy atom. The summed E-state index contributed by atoms with van der Waals surface area (Å²) in [5.74, 6) is 0. The highest BCUT2D eigenvalue weighted by Crippen LogP contribution is 2.29. The van der Waals surface area contributed by atoms with Gasteiger partial charge in [0.2, 0.25) is 0 Å². The van der Waals surface area contributed by atoms with E-state index in [9.17, 15) is 4.79 Å². The number of nitrogens with zero attached hydrogens (tertiary/aromatic N) is 3. The fourth-order valence-electron chi connectivity index (χ4n) is 4.87. The third kappa shape index (κ3) is 4.27. The van der Waals surface area contributed by atoms with Crippen molar-refractivity contribution in [2.45, 2.75) is 19.5 Å². The Morgan fingerprint density at radius 3 is 2.06 bits per heavy atom. The molecule has 1 aromatic heterocycles. The normalized spacial score (nSPS) is 15.6. The van der Waals surface area contributed by atoms with Crippen molar-refractivity contribution < 1.29 is 0 Å². The Hall–Kier alpha value is -3.15. The van der Waals surface area contributed by atoms with Crippen molar-refractivity contribution in [3.63, 3.8) is 0 Å². The topological polar surface area (TPSA) is 44.3 Å². The van der Waals surface area contributed by atoms with Crippen LogP contribution in [0.15, 0.2) is 83.7 Å². The Bertz CT molecular complexity index is 1180. The van der Waals surface area contributed by atoms with Gasteiger partial charge in [0.15, 0.2) is 0 Å². The maximum Gasteiger partial charge on any atom is 0.326 e. The molecule has 1 aliphatic heterocycles. The van der Waals surface area contributed by atoms with Crippen LogP contribution in [0.5, 0.6) is 0 Å². The Labute approximate surface area is 188 Å². The maximum atomic E-state index is 12.5. The predicted octanol–water partition coefficient (Wildman–Crippen LogP) is 4.05. The summed E-state index contributed by atoms with van der Waals surface area (Å²) in [4.78, 5) is 20.5. The fraction of sp³-hybridized carbons (Fsp3) is 0.296. The third-order valence-corrected chi connectivity index (χ3v) is 6.57. The molecule has 1 N–H and O–H groups in total. The fourth-order valence-corrected chi connectivity index (χ4v) is 4.87. The highest BCUT2D eigenvalue weighted by Gasteiger charge is 2.26. The van der Waals surface area contributed by atoms with Gasteiger partial charge in [-0.25, -0.2) is 4.79 Å². The Morgan fingerprint density at radius 1 is 0.812 bits per heavy atom. The van der Waals surface area contributed by atoms with Crippen molar-refractivity contribution in [2.24, 2.45) is 0 Å². The zero-order valence-electron chi connectivity index (χ0n) is 18.6. The second kappa shape index (κ2) is 9.15. The van der Waals surface area contributed by atoms with Gasteiger partial charge in [-0.05, 0) is 35.7 Å². The third-order valence-electron chi connectivity index (χ3n) is 6.57. The number of aromatic nitrogens is 2. The standard InChI is InChI=1S/C27H30N4O/c1-21-12-13-25-24(20-21)28-27(32)31(25)19-16-29-14-17-30(18-15-29)26(22-8-4-2-5-9-22)23-10-6-3-7-11-23/h2-13,20,26H,14-19H2,1H3,(H,28,32). The number of rotatable bonds is 6. The van der Waals surface area contributed by atoms with E-state index in [4.69, 9.17) is 0 Å². The molecule has 0 spiro atoms. The molecule has 1 aliphatic rings. The van der Waals surface area contributed by atoms with E-state index in [2.05, 4.69) is 81.5 Å². The van der Waals surface area contributed by atoms with Gasteiger partial charge < -0.3 is 4.98 Å². The van der Waals surface area contributed by atoms with E-state index >= 15 is 0 Å². The lowest BCUT2D eigenvalue weighted by Crippen LogP contribution is -2.48. The van der Waals surface area contributed by atoms with E-state index in [0.29, 0.717) is 6.54 Å². The first-order valence-corrected chi connectivity index (χ1v) is 11.4. The highest BCUT2D eigenvalue weighted by molar-refractivity contribution is 5.75. The van der Waals surface area contributed by atoms with E-state index in [1.165, 1.54) is 11.1 Å². The zero-order valence-corrected chi connectivity index (χ0v) is 18.6. The van der Waals surface area contributed by atoms with Crippen molar-refractivity contribution in [2.75, 3.05) is 32.7 Å². The number of H-pyrrole nitrogens is 1. The molecule has 32 heavy (non-hydrogen) atoms. The van der Waals surface area contributed by atoms with E-state index in [-0.39, 0.29) is 11.7 Å². The van der Waals surface area contributed by atoms with Crippen LogP contribution in [-0.2, 0) is 6.54 Å². The Kier molecular flexibility index (Phi) is 5.93. The summed E-state index contributed by atoms with van der Waals surface area (Å²) >= 11 is 0. The number of fused-ring (bicyclic) bond motifs is 1. The molecular formula is C27H30N4O. The molecule has 0 aliphatic carbocycles. The second-order valence-corrected chi connectivity index (χ2v) is 8.70. The van der Waals surface area contributed by atoms with Crippen LogP contribution in [0.4, 0.5) is 0 Å². The molecule has 1 fully saturated rings. The number of imidazole rings is 1. The molecule has 0 unspecified atom stereocenters. The average molecular weight is 427 g/mol. The maximum absolute atomic E-state index is 12.5. The largest absolute Gasteiger partial charge is 0.326 e. The second-order valence-electron chi connectivity index (χ2n) is 8.70. The highest BCUT2D eigenvalue weighted by atomic mass is 16.1. The van der Waals surface area contributed by atoms with Crippen LogP contribution in [0.25, 0.3) is 11.0 Å². The zero-order chi connectivity index (χ0) is 21.9. The first kappa shape index (κ1) is 20.7. The molecule has 2 heterocycles. The van der Waals surface area contributed by atoms with Crippen molar-refractivity contribution in [3.05, 3.63) is 106 Å². The number of piperazine rings is 1. The lowest BCUT2D eigenvalue weighted by molar-refractivity contribution is 0.107. The summed E-state index contributed by atoms with van der Waals surface area (Å²) in [5.41, 5.74) is 5.74. The number of aromatic amines is 1. The van der Waals surface area contributed by atoms with Crippen LogP contribution in [0, 0.1) is 6.92 Å². The van der Waals surface area contributed by atoms with Gasteiger partial charge in [-0.1, -0.05) is 66.7 Å². The number of nitrogens with one attached hydrogen (secondary N) is 1. The molecule has 164 valence electrons. The van der Waals surface area contributed by atoms with Crippen molar-refractivity contribution in [1.82, 2.24) is 19.4 Å². The molecule has 0 saturated carbocycles. The minimum absolute atomic E-state index is 0.0162. The molecule has 4 aromatic rings. The van der Waals surface area contributed by atoms with E-state index in [1.807, 2.05) is 23.6 Å². The van der Waals surface area contributed by atoms with Gasteiger partial charge in [-0.2, -0.15) is 0 Å². The van der Waals surface area contributed by atoms with E-state index in [1.54, 1.807) is 0 Å². The number of hydrogen-bond donors (Lipinski definition) is 1. The molecular weight excluding hydrogens is 396 g/mol. The van der Waals surface area contributed by atoms with Crippen LogP contribution in [0.3, 0.4) is 0 Å². The molecule has 0 amide bonds. The number of hydrogen-bond acceptors (Lipinski definition) is 3. The molecule has 3 aromatic carbocycles. The first-order chi connectivity index (χ1) is 15.7. The van der Waals surface area contributed by atoms with Gasteiger partial charge in [-0.3, -0.25) is 14.4 Å². The lowest BCUT2D eigenvalue weighted by atomic mass is 9.96. The molecule has 5 nitrogen and oxygen atoms in total. The van der Waals surface area contributed by atoms with E-state index < -0.39 is 0 Å². The van der Waals surface area contributed by atoms with Gasteiger partial charge in [-0.15, -0.1) is 0 Å². The molecule has 0 atom stereocenters. The summed E-state index contributed by atoms with van der Waals surface area (Å²) in [7, 11) is 0. The van der Waals surface area contributed by atoms with Crippen molar-refractivity contribution >= 4 is 11.0 Å². The smallest absolute Gasteiger partial charge is 0.306 e. The van der Waals surface area contributed by atoms with Crippen LogP contribution in [0.2, 0.25) is 0 Å². The number of benzene rings is 3. The molecule has 1 saturated heterocycles. The minimum Gasteiger partial charge on any atom is -0.306 e. The van der Waals surface area contributed by atoms with Crippen LogP contribution in [0.1, 0.15) is 22.7 Å². The lowest BCUT2D eigenvalue weighted by Gasteiger charge is -2.39. The minimum atomic E-state index is -0.0162. The van der Waals surface area contributed by atoms with Gasteiger partial charge in [0.05, 0.1) is 17.1 Å². The molecule has 0 radical (unpaired) electrons. The summed E-state index contributed by atoms with van der Waals surface area (Å²) in [6, 6.07) is 28.0. The predicted molar refractivity (Wildman–Crippen MR) is 130 cm³/mol. The van der Waals surface area contributed by atoms with Crippen molar-refractivity contribution in [3.8, 4) is 0 Å². The monoisotopic (exact) mass is 426 g/mol. The summed E-state index contributed by atoms with van der Waals surface area (Å²) in [6.07, 6.45) is 0. The molecule has 5 heteroatoms. The Balaban J connectivity index is 1.26. The van der Waals surface area contributed by atoms with Gasteiger partial charge in [0, 0.05) is 39.3 Å². The van der Waals surface area contributed by atoms with E-state index in [0.717, 1.165) is 49.3 Å². The summed E-state index contributed by atoms with van der Waals surface area (Å²) < 4.78 is 1.87. The van der Waals surface area contributed by atoms with Gasteiger partial charge >= 0.3 is 5.69 Å². The van der Waals surface area contributed by atoms with Gasteiger partial charge in [0.1, 0.15) is 0 Å². The SMILES string of the molecule is Cc1ccc2c(c1)[nH]c(=O)n2CCN1CCN(C(c2ccccc2)c2ccccc2)CC1. The summed E-state index contributed by atoms with van der Waals surface area (Å²) in [6.45, 7) is 7.68.